The number of hydrogen-bond acceptors (Lipinski definition) is 5. The number of carbonyl (C=O) groups excluding carboxylic acids is 3. The zero-order chi connectivity index (χ0) is 30.9. The fourth-order valence-corrected chi connectivity index (χ4v) is 4.57. The Morgan fingerprint density at radius 2 is 1.57 bits per heavy atom. The van der Waals surface area contributed by atoms with E-state index in [1.54, 1.807) is 54.6 Å². The number of anilines is 2. The first-order valence-electron chi connectivity index (χ1n) is 14.3. The van der Waals surface area contributed by atoms with E-state index in [0.717, 1.165) is 22.4 Å². The molecule has 0 bridgehead atoms. The summed E-state index contributed by atoms with van der Waals surface area (Å²) in [6.07, 6.45) is 3.09. The van der Waals surface area contributed by atoms with Crippen LogP contribution in [-0.2, 0) is 16.0 Å². The summed E-state index contributed by atoms with van der Waals surface area (Å²) in [5.41, 5.74) is 4.36. The SMILES string of the molecule is CCOc1ccc(-c2ccc(/C=C/C(=O)Nc3ccc(NC(=O)Cc4ccc(C)cc4)c(C(=O)c4ccccc4)c3)o2)cc1. The number of rotatable bonds is 11. The number of hydrogen-bond donors (Lipinski definition) is 2. The molecule has 0 saturated carbocycles. The second-order valence-corrected chi connectivity index (χ2v) is 10.1. The van der Waals surface area contributed by atoms with Crippen molar-refractivity contribution >= 4 is 35.0 Å². The van der Waals surface area contributed by atoms with Gasteiger partial charge in [0.1, 0.15) is 17.3 Å². The molecule has 0 aliphatic rings. The summed E-state index contributed by atoms with van der Waals surface area (Å²) < 4.78 is 11.4. The van der Waals surface area contributed by atoms with Crippen molar-refractivity contribution in [2.24, 2.45) is 0 Å². The first kappa shape index (κ1) is 29.8. The van der Waals surface area contributed by atoms with Crippen LogP contribution in [0, 0.1) is 6.92 Å². The number of amides is 2. The maximum Gasteiger partial charge on any atom is 0.248 e. The minimum absolute atomic E-state index is 0.162. The first-order chi connectivity index (χ1) is 21.4. The molecule has 2 N–H and O–H groups in total. The molecular formula is C37H32N2O5. The summed E-state index contributed by atoms with van der Waals surface area (Å²) in [5.74, 6) is 1.02. The van der Waals surface area contributed by atoms with Gasteiger partial charge in [-0.25, -0.2) is 0 Å². The maximum absolute atomic E-state index is 13.5. The molecule has 0 radical (unpaired) electrons. The van der Waals surface area contributed by atoms with E-state index in [1.165, 1.54) is 6.08 Å². The fourth-order valence-electron chi connectivity index (χ4n) is 4.57. The molecule has 0 unspecified atom stereocenters. The van der Waals surface area contributed by atoms with E-state index >= 15 is 0 Å². The molecule has 0 fully saturated rings. The second-order valence-electron chi connectivity index (χ2n) is 10.1. The van der Waals surface area contributed by atoms with Crippen LogP contribution in [-0.4, -0.2) is 24.2 Å². The van der Waals surface area contributed by atoms with Gasteiger partial charge in [0, 0.05) is 28.5 Å². The molecule has 7 heteroatoms. The Kier molecular flexibility index (Phi) is 9.47. The monoisotopic (exact) mass is 584 g/mol. The van der Waals surface area contributed by atoms with Crippen LogP contribution in [0.2, 0.25) is 0 Å². The van der Waals surface area contributed by atoms with Gasteiger partial charge < -0.3 is 19.8 Å². The summed E-state index contributed by atoms with van der Waals surface area (Å²) in [7, 11) is 0. The number of aryl methyl sites for hydroxylation is 1. The molecule has 44 heavy (non-hydrogen) atoms. The zero-order valence-corrected chi connectivity index (χ0v) is 24.5. The Morgan fingerprint density at radius 3 is 2.30 bits per heavy atom. The molecule has 1 heterocycles. The van der Waals surface area contributed by atoms with Gasteiger partial charge >= 0.3 is 0 Å². The van der Waals surface area contributed by atoms with Crippen molar-refractivity contribution in [3.8, 4) is 17.1 Å². The second kappa shape index (κ2) is 14.0. The van der Waals surface area contributed by atoms with Crippen LogP contribution in [0.5, 0.6) is 5.75 Å². The van der Waals surface area contributed by atoms with E-state index in [-0.39, 0.29) is 23.7 Å². The van der Waals surface area contributed by atoms with Crippen molar-refractivity contribution in [1.29, 1.82) is 0 Å². The Labute approximate surface area is 256 Å². The van der Waals surface area contributed by atoms with E-state index in [9.17, 15) is 14.4 Å². The third-order valence-electron chi connectivity index (χ3n) is 6.80. The van der Waals surface area contributed by atoms with E-state index in [2.05, 4.69) is 10.6 Å². The highest BCUT2D eigenvalue weighted by atomic mass is 16.5. The lowest BCUT2D eigenvalue weighted by molar-refractivity contribution is -0.115. The van der Waals surface area contributed by atoms with Crippen molar-refractivity contribution in [3.63, 3.8) is 0 Å². The summed E-state index contributed by atoms with van der Waals surface area (Å²) in [6, 6.07) is 32.5. The lowest BCUT2D eigenvalue weighted by Crippen LogP contribution is -2.18. The summed E-state index contributed by atoms with van der Waals surface area (Å²) in [6.45, 7) is 4.51. The first-order valence-corrected chi connectivity index (χ1v) is 14.3. The van der Waals surface area contributed by atoms with E-state index in [4.69, 9.17) is 9.15 Å². The van der Waals surface area contributed by atoms with Gasteiger partial charge in [-0.15, -0.1) is 0 Å². The highest BCUT2D eigenvalue weighted by molar-refractivity contribution is 6.15. The highest BCUT2D eigenvalue weighted by Crippen LogP contribution is 2.26. The number of nitrogens with one attached hydrogen (secondary N) is 2. The van der Waals surface area contributed by atoms with Crippen molar-refractivity contribution in [2.75, 3.05) is 17.2 Å². The van der Waals surface area contributed by atoms with Crippen LogP contribution in [0.3, 0.4) is 0 Å². The van der Waals surface area contributed by atoms with E-state index < -0.39 is 5.91 Å². The maximum atomic E-state index is 13.5. The number of ether oxygens (including phenoxy) is 1. The fraction of sp³-hybridized carbons (Fsp3) is 0.108. The van der Waals surface area contributed by atoms with Crippen LogP contribution in [0.25, 0.3) is 17.4 Å². The molecule has 1 aromatic heterocycles. The molecule has 0 atom stereocenters. The van der Waals surface area contributed by atoms with Crippen LogP contribution in [0.15, 0.2) is 120 Å². The molecule has 0 saturated heterocycles. The topological polar surface area (TPSA) is 97.6 Å². The number of carbonyl (C=O) groups is 3. The van der Waals surface area contributed by atoms with Crippen LogP contribution in [0.4, 0.5) is 11.4 Å². The van der Waals surface area contributed by atoms with E-state index in [1.807, 2.05) is 74.5 Å². The molecule has 0 aliphatic heterocycles. The number of benzene rings is 4. The molecule has 2 amide bonds. The Morgan fingerprint density at radius 1 is 0.818 bits per heavy atom. The predicted octanol–water partition coefficient (Wildman–Crippen LogP) is 7.72. The smallest absolute Gasteiger partial charge is 0.248 e. The van der Waals surface area contributed by atoms with Crippen LogP contribution >= 0.6 is 0 Å². The Balaban J connectivity index is 1.29. The molecule has 220 valence electrons. The molecule has 0 spiro atoms. The predicted molar refractivity (Wildman–Crippen MR) is 173 cm³/mol. The third kappa shape index (κ3) is 7.77. The minimum atomic E-state index is -0.404. The third-order valence-corrected chi connectivity index (χ3v) is 6.80. The molecule has 5 aromatic rings. The lowest BCUT2D eigenvalue weighted by atomic mass is 10.0. The normalized spacial score (nSPS) is 10.9. The van der Waals surface area contributed by atoms with Gasteiger partial charge in [0.05, 0.1) is 18.7 Å². The average Bonchev–Trinajstić information content (AvgIpc) is 3.52. The molecule has 4 aromatic carbocycles. The van der Waals surface area contributed by atoms with Crippen molar-refractivity contribution in [3.05, 3.63) is 143 Å². The van der Waals surface area contributed by atoms with Gasteiger partial charge in [-0.2, -0.15) is 0 Å². The van der Waals surface area contributed by atoms with Gasteiger partial charge in [-0.05, 0) is 80.1 Å². The van der Waals surface area contributed by atoms with Crippen molar-refractivity contribution < 1.29 is 23.5 Å². The van der Waals surface area contributed by atoms with Gasteiger partial charge in [0.15, 0.2) is 5.78 Å². The van der Waals surface area contributed by atoms with Crippen molar-refractivity contribution in [1.82, 2.24) is 0 Å². The minimum Gasteiger partial charge on any atom is -0.494 e. The molecular weight excluding hydrogens is 552 g/mol. The van der Waals surface area contributed by atoms with Crippen molar-refractivity contribution in [2.45, 2.75) is 20.3 Å². The van der Waals surface area contributed by atoms with Gasteiger partial charge in [0.2, 0.25) is 11.8 Å². The zero-order valence-electron chi connectivity index (χ0n) is 24.5. The van der Waals surface area contributed by atoms with Gasteiger partial charge in [0.25, 0.3) is 0 Å². The van der Waals surface area contributed by atoms with Crippen LogP contribution in [0.1, 0.15) is 39.7 Å². The lowest BCUT2D eigenvalue weighted by Gasteiger charge is -2.13. The number of ketones is 1. The molecule has 0 aliphatic carbocycles. The van der Waals surface area contributed by atoms with Gasteiger partial charge in [-0.3, -0.25) is 14.4 Å². The molecule has 7 nitrogen and oxygen atoms in total. The van der Waals surface area contributed by atoms with Crippen LogP contribution < -0.4 is 15.4 Å². The Bertz CT molecular complexity index is 1790. The molecule has 5 rings (SSSR count). The number of furan rings is 1. The van der Waals surface area contributed by atoms with E-state index in [0.29, 0.717) is 35.1 Å². The summed E-state index contributed by atoms with van der Waals surface area (Å²) in [5, 5.41) is 5.67. The quantitative estimate of drug-likeness (QED) is 0.122. The Hall–Kier alpha value is -5.69. The average molecular weight is 585 g/mol. The highest BCUT2D eigenvalue weighted by Gasteiger charge is 2.17. The standard InChI is InChI=1S/C37H32N2O5/c1-3-43-30-16-13-27(14-17-30)34-21-18-31(44-34)19-22-35(40)38-29-15-20-33(32(24-29)37(42)28-7-5-4-6-8-28)39-36(41)23-26-11-9-25(2)10-12-26/h4-22,24H,3,23H2,1-2H3,(H,38,40)(H,39,41)/b22-19+. The largest absolute Gasteiger partial charge is 0.494 e. The summed E-state index contributed by atoms with van der Waals surface area (Å²) >= 11 is 0. The summed E-state index contributed by atoms with van der Waals surface area (Å²) in [4.78, 5) is 39.1. The van der Waals surface area contributed by atoms with Gasteiger partial charge in [-0.1, -0.05) is 60.2 Å².